The molecule has 5 rings (SSSR count). The number of aromatic nitrogens is 4. The molecule has 0 saturated carbocycles. The Hall–Kier alpha value is -4.30. The van der Waals surface area contributed by atoms with E-state index in [-0.39, 0.29) is 35.1 Å². The molecule has 0 spiro atoms. The average Bonchev–Trinajstić information content (AvgIpc) is 3.46. The minimum Gasteiger partial charge on any atom is -0.494 e. The zero-order valence-corrected chi connectivity index (χ0v) is 23.2. The number of amides is 2. The van der Waals surface area contributed by atoms with Crippen LogP contribution in [0.3, 0.4) is 0 Å². The monoisotopic (exact) mass is 604 g/mol. The predicted molar refractivity (Wildman–Crippen MR) is 143 cm³/mol. The van der Waals surface area contributed by atoms with Crippen molar-refractivity contribution in [1.29, 1.82) is 0 Å². The Balaban J connectivity index is 1.31. The van der Waals surface area contributed by atoms with Crippen LogP contribution in [0, 0.1) is 13.8 Å². The predicted octanol–water partition coefficient (Wildman–Crippen LogP) is 5.58. The van der Waals surface area contributed by atoms with Crippen molar-refractivity contribution >= 4 is 39.9 Å². The van der Waals surface area contributed by atoms with Gasteiger partial charge in [0.25, 0.3) is 11.8 Å². The molecule has 15 heteroatoms. The first-order valence-corrected chi connectivity index (χ1v) is 13.1. The molecule has 1 aliphatic heterocycles. The molecule has 4 aromatic rings. The van der Waals surface area contributed by atoms with E-state index in [9.17, 15) is 22.8 Å². The molecule has 1 N–H and O–H groups in total. The van der Waals surface area contributed by atoms with E-state index in [1.807, 2.05) is 0 Å². The van der Waals surface area contributed by atoms with E-state index in [0.29, 0.717) is 33.4 Å². The van der Waals surface area contributed by atoms with Crippen molar-refractivity contribution in [3.05, 3.63) is 74.9 Å². The van der Waals surface area contributed by atoms with Gasteiger partial charge in [-0.05, 0) is 32.0 Å². The Morgan fingerprint density at radius 2 is 1.83 bits per heavy atom. The normalized spacial score (nSPS) is 12.7. The lowest BCUT2D eigenvalue weighted by Gasteiger charge is -2.17. The van der Waals surface area contributed by atoms with Crippen molar-refractivity contribution in [2.75, 3.05) is 12.4 Å². The molecule has 0 saturated heterocycles. The fourth-order valence-electron chi connectivity index (χ4n) is 4.27. The van der Waals surface area contributed by atoms with Gasteiger partial charge in [0.05, 0.1) is 53.8 Å². The van der Waals surface area contributed by atoms with E-state index in [4.69, 9.17) is 16.3 Å². The van der Waals surface area contributed by atoms with Crippen molar-refractivity contribution in [2.24, 2.45) is 0 Å². The standard InChI is InChI=1S/C26H20ClF3N6O4S/c1-12-6-15(16-7-21(27)32-9-19(16)39-3)17(8-31-12)23(37)35-25-34-18-10-36(11-20(18)41-25)24(38)14-4-5-22(33-13(14)2)40-26(28,29)30/h4-9H,10-11H2,1-3H3,(H,34,35,37). The van der Waals surface area contributed by atoms with Crippen molar-refractivity contribution in [3.8, 4) is 22.8 Å². The summed E-state index contributed by atoms with van der Waals surface area (Å²) in [5.74, 6) is -1.08. The Kier molecular flexibility index (Phi) is 7.53. The molecule has 0 atom stereocenters. The Bertz CT molecular complexity index is 1660. The van der Waals surface area contributed by atoms with Gasteiger partial charge in [0.1, 0.15) is 10.9 Å². The molecule has 0 unspecified atom stereocenters. The van der Waals surface area contributed by atoms with Gasteiger partial charge in [-0.3, -0.25) is 19.9 Å². The van der Waals surface area contributed by atoms with Gasteiger partial charge < -0.3 is 14.4 Å². The highest BCUT2D eigenvalue weighted by Gasteiger charge is 2.33. The Morgan fingerprint density at radius 1 is 1.05 bits per heavy atom. The number of anilines is 1. The van der Waals surface area contributed by atoms with Gasteiger partial charge >= 0.3 is 6.36 Å². The molecule has 4 aromatic heterocycles. The molecule has 1 aliphatic rings. The molecule has 41 heavy (non-hydrogen) atoms. The number of methoxy groups -OCH3 is 1. The highest BCUT2D eigenvalue weighted by Crippen LogP contribution is 2.36. The number of hydrogen-bond acceptors (Lipinski definition) is 9. The number of pyridine rings is 3. The number of nitrogens with one attached hydrogen (secondary N) is 1. The van der Waals surface area contributed by atoms with E-state index in [1.54, 1.807) is 19.1 Å². The summed E-state index contributed by atoms with van der Waals surface area (Å²) in [5, 5.41) is 3.37. The van der Waals surface area contributed by atoms with Crippen LogP contribution in [0.25, 0.3) is 11.1 Å². The second-order valence-corrected chi connectivity index (χ2v) is 10.4. The van der Waals surface area contributed by atoms with Gasteiger partial charge in [-0.25, -0.2) is 15.0 Å². The van der Waals surface area contributed by atoms with Crippen LogP contribution in [0.15, 0.2) is 36.7 Å². The second-order valence-electron chi connectivity index (χ2n) is 8.91. The molecule has 10 nitrogen and oxygen atoms in total. The summed E-state index contributed by atoms with van der Waals surface area (Å²) in [6.07, 6.45) is -1.96. The van der Waals surface area contributed by atoms with Crippen LogP contribution in [0.2, 0.25) is 5.15 Å². The summed E-state index contributed by atoms with van der Waals surface area (Å²) >= 11 is 7.33. The summed E-state index contributed by atoms with van der Waals surface area (Å²) in [4.78, 5) is 45.1. The van der Waals surface area contributed by atoms with Crippen LogP contribution in [0.5, 0.6) is 11.6 Å². The molecule has 0 aromatic carbocycles. The maximum atomic E-state index is 13.3. The minimum absolute atomic E-state index is 0.0996. The first kappa shape index (κ1) is 28.2. The molecule has 2 amide bonds. The third kappa shape index (κ3) is 6.07. The van der Waals surface area contributed by atoms with Crippen molar-refractivity contribution in [1.82, 2.24) is 24.8 Å². The van der Waals surface area contributed by atoms with E-state index < -0.39 is 24.1 Å². The molecular formula is C26H20ClF3N6O4S. The number of ether oxygens (including phenoxy) is 2. The van der Waals surface area contributed by atoms with Gasteiger partial charge in [-0.2, -0.15) is 0 Å². The van der Waals surface area contributed by atoms with Crippen molar-refractivity contribution in [3.63, 3.8) is 0 Å². The fraction of sp³-hybridized carbons (Fsp3) is 0.231. The van der Waals surface area contributed by atoms with Crippen molar-refractivity contribution in [2.45, 2.75) is 33.3 Å². The number of aryl methyl sites for hydroxylation is 2. The van der Waals surface area contributed by atoms with Crippen LogP contribution >= 0.6 is 22.9 Å². The second kappa shape index (κ2) is 10.9. The summed E-state index contributed by atoms with van der Waals surface area (Å²) in [7, 11) is 1.49. The maximum Gasteiger partial charge on any atom is 0.574 e. The highest BCUT2D eigenvalue weighted by atomic mass is 35.5. The number of nitrogens with zero attached hydrogens (tertiary/aromatic N) is 5. The van der Waals surface area contributed by atoms with E-state index in [1.165, 1.54) is 48.7 Å². The van der Waals surface area contributed by atoms with Gasteiger partial charge in [0, 0.05) is 29.1 Å². The zero-order chi connectivity index (χ0) is 29.5. The Labute approximate surface area is 240 Å². The van der Waals surface area contributed by atoms with E-state index in [2.05, 4.69) is 30.0 Å². The molecule has 0 aliphatic carbocycles. The lowest BCUT2D eigenvalue weighted by Crippen LogP contribution is -2.27. The van der Waals surface area contributed by atoms with Gasteiger partial charge in [0.2, 0.25) is 5.88 Å². The van der Waals surface area contributed by atoms with E-state index in [0.717, 1.165) is 10.9 Å². The smallest absolute Gasteiger partial charge is 0.494 e. The van der Waals surface area contributed by atoms with Gasteiger partial charge in [0.15, 0.2) is 5.13 Å². The van der Waals surface area contributed by atoms with Crippen molar-refractivity contribution < 1.29 is 32.2 Å². The lowest BCUT2D eigenvalue weighted by molar-refractivity contribution is -0.276. The lowest BCUT2D eigenvalue weighted by atomic mass is 10.0. The number of rotatable bonds is 6. The van der Waals surface area contributed by atoms with Crippen LogP contribution in [-0.2, 0) is 13.1 Å². The number of carbonyl (C=O) groups excluding carboxylic acids is 2. The Morgan fingerprint density at radius 3 is 2.51 bits per heavy atom. The summed E-state index contributed by atoms with van der Waals surface area (Å²) in [6.45, 7) is 3.59. The SMILES string of the molecule is COc1cnc(Cl)cc1-c1cc(C)ncc1C(=O)Nc1nc2c(s1)CN(C(=O)c1ccc(OC(F)(F)F)nc1C)C2. The number of halogens is 4. The van der Waals surface area contributed by atoms with Crippen LogP contribution in [-0.4, -0.2) is 50.1 Å². The third-order valence-corrected chi connectivity index (χ3v) is 7.31. The summed E-state index contributed by atoms with van der Waals surface area (Å²) in [5.41, 5.74) is 2.92. The molecular weight excluding hydrogens is 585 g/mol. The molecule has 0 radical (unpaired) electrons. The van der Waals surface area contributed by atoms with Gasteiger partial charge in [-0.15, -0.1) is 13.2 Å². The summed E-state index contributed by atoms with van der Waals surface area (Å²) < 4.78 is 46.7. The molecule has 0 fully saturated rings. The number of hydrogen-bond donors (Lipinski definition) is 1. The topological polar surface area (TPSA) is 119 Å². The minimum atomic E-state index is -4.88. The largest absolute Gasteiger partial charge is 0.574 e. The first-order valence-electron chi connectivity index (χ1n) is 11.9. The summed E-state index contributed by atoms with van der Waals surface area (Å²) in [6, 6.07) is 5.58. The molecule has 5 heterocycles. The maximum absolute atomic E-state index is 13.3. The number of thiazole rings is 1. The van der Waals surface area contributed by atoms with E-state index >= 15 is 0 Å². The highest BCUT2D eigenvalue weighted by molar-refractivity contribution is 7.16. The molecule has 0 bridgehead atoms. The van der Waals surface area contributed by atoms with Crippen LogP contribution in [0.4, 0.5) is 18.3 Å². The number of carbonyl (C=O) groups is 2. The molecule has 212 valence electrons. The zero-order valence-electron chi connectivity index (χ0n) is 21.7. The third-order valence-electron chi connectivity index (χ3n) is 6.10. The van der Waals surface area contributed by atoms with Gasteiger partial charge in [-0.1, -0.05) is 22.9 Å². The van der Waals surface area contributed by atoms with Crippen LogP contribution < -0.4 is 14.8 Å². The average molecular weight is 605 g/mol. The van der Waals surface area contributed by atoms with Crippen LogP contribution in [0.1, 0.15) is 42.7 Å². The number of fused-ring (bicyclic) bond motifs is 1. The quantitative estimate of drug-likeness (QED) is 0.283. The number of alkyl halides is 3. The fourth-order valence-corrected chi connectivity index (χ4v) is 5.41. The first-order chi connectivity index (χ1) is 19.4.